The van der Waals surface area contributed by atoms with E-state index < -0.39 is 11.6 Å². The number of rotatable bonds is 10. The number of Topliss-reactive ketones (excluding diaryl/α,β-unsaturated/α-hetero) is 1. The third-order valence-corrected chi connectivity index (χ3v) is 5.49. The Morgan fingerprint density at radius 1 is 1.25 bits per heavy atom. The zero-order chi connectivity index (χ0) is 20.1. The SMILES string of the molecule is COc1ccc([C@H](CC(=O)N[C@@H](CC2=CCCC2)C(=O)[C@@]2(C)CO2)OC)cc1. The molecule has 0 unspecified atom stereocenters. The lowest BCUT2D eigenvalue weighted by Gasteiger charge is -2.22. The number of nitrogens with one attached hydrogen (secondary N) is 1. The molecular weight excluding hydrogens is 358 g/mol. The van der Waals surface area contributed by atoms with E-state index in [1.54, 1.807) is 21.1 Å². The number of epoxide rings is 1. The maximum atomic E-state index is 12.8. The van der Waals surface area contributed by atoms with Gasteiger partial charge in [0, 0.05) is 7.11 Å². The maximum absolute atomic E-state index is 12.8. The monoisotopic (exact) mass is 387 g/mol. The summed E-state index contributed by atoms with van der Waals surface area (Å²) in [5.74, 6) is 0.493. The van der Waals surface area contributed by atoms with E-state index in [0.717, 1.165) is 30.6 Å². The van der Waals surface area contributed by atoms with Crippen LogP contribution in [0.2, 0.25) is 0 Å². The first kappa shape index (κ1) is 20.6. The lowest BCUT2D eigenvalue weighted by molar-refractivity contribution is -0.131. The van der Waals surface area contributed by atoms with Crippen LogP contribution in [-0.4, -0.2) is 44.2 Å². The van der Waals surface area contributed by atoms with Crippen LogP contribution in [0, 0.1) is 0 Å². The van der Waals surface area contributed by atoms with Crippen LogP contribution >= 0.6 is 0 Å². The van der Waals surface area contributed by atoms with Gasteiger partial charge in [-0.15, -0.1) is 0 Å². The molecule has 1 aliphatic carbocycles. The zero-order valence-corrected chi connectivity index (χ0v) is 16.8. The molecule has 6 heteroatoms. The minimum atomic E-state index is -0.756. The summed E-state index contributed by atoms with van der Waals surface area (Å²) in [7, 11) is 3.19. The Hall–Kier alpha value is -2.18. The Balaban J connectivity index is 1.64. The van der Waals surface area contributed by atoms with Gasteiger partial charge in [0.25, 0.3) is 0 Å². The van der Waals surface area contributed by atoms with Crippen molar-refractivity contribution < 1.29 is 23.8 Å². The van der Waals surface area contributed by atoms with Crippen LogP contribution in [0.15, 0.2) is 35.9 Å². The molecule has 28 heavy (non-hydrogen) atoms. The van der Waals surface area contributed by atoms with E-state index in [4.69, 9.17) is 14.2 Å². The molecule has 1 saturated heterocycles. The molecule has 0 saturated carbocycles. The van der Waals surface area contributed by atoms with Gasteiger partial charge in [0.05, 0.1) is 32.3 Å². The molecule has 0 spiro atoms. The van der Waals surface area contributed by atoms with Crippen LogP contribution in [0.3, 0.4) is 0 Å². The summed E-state index contributed by atoms with van der Waals surface area (Å²) < 4.78 is 16.0. The molecule has 1 heterocycles. The molecule has 0 radical (unpaired) electrons. The molecule has 1 aromatic carbocycles. The molecule has 3 atom stereocenters. The highest BCUT2D eigenvalue weighted by Gasteiger charge is 2.50. The molecule has 3 rings (SSSR count). The molecular formula is C22H29NO5. The molecule has 1 amide bonds. The molecule has 6 nitrogen and oxygen atoms in total. The van der Waals surface area contributed by atoms with Crippen molar-refractivity contribution in [1.82, 2.24) is 5.32 Å². The van der Waals surface area contributed by atoms with Crippen molar-refractivity contribution in [3.8, 4) is 5.75 Å². The zero-order valence-electron chi connectivity index (χ0n) is 16.8. The molecule has 1 aliphatic heterocycles. The first-order chi connectivity index (χ1) is 13.4. The van der Waals surface area contributed by atoms with Crippen LogP contribution in [0.1, 0.15) is 50.7 Å². The van der Waals surface area contributed by atoms with Gasteiger partial charge in [-0.25, -0.2) is 0 Å². The largest absolute Gasteiger partial charge is 0.497 e. The molecule has 2 aliphatic rings. The predicted molar refractivity (Wildman–Crippen MR) is 105 cm³/mol. The summed E-state index contributed by atoms with van der Waals surface area (Å²) in [5, 5.41) is 2.93. The van der Waals surface area contributed by atoms with E-state index in [1.807, 2.05) is 24.3 Å². The average molecular weight is 387 g/mol. The van der Waals surface area contributed by atoms with Crippen molar-refractivity contribution in [1.29, 1.82) is 0 Å². The fraction of sp³-hybridized carbons (Fsp3) is 0.545. The highest BCUT2D eigenvalue weighted by atomic mass is 16.6. The van der Waals surface area contributed by atoms with Crippen LogP contribution in [-0.2, 0) is 19.1 Å². The molecule has 1 N–H and O–H groups in total. The van der Waals surface area contributed by atoms with Gasteiger partial charge in [-0.1, -0.05) is 23.8 Å². The first-order valence-corrected chi connectivity index (χ1v) is 9.77. The summed E-state index contributed by atoms with van der Waals surface area (Å²) in [6.45, 7) is 2.20. The van der Waals surface area contributed by atoms with Crippen LogP contribution in [0.4, 0.5) is 0 Å². The standard InChI is InChI=1S/C22H29NO5/c1-22(14-28-22)21(25)18(12-15-6-4-5-7-15)23-20(24)13-19(27-3)16-8-10-17(26-2)11-9-16/h6,8-11,18-19H,4-5,7,12-14H2,1-3H3,(H,23,24)/t18-,19-,22+/m0/s1. The summed E-state index contributed by atoms with van der Waals surface area (Å²) in [6, 6.07) is 6.88. The van der Waals surface area contributed by atoms with Gasteiger partial charge in [-0.3, -0.25) is 9.59 Å². The summed E-state index contributed by atoms with van der Waals surface area (Å²) >= 11 is 0. The number of ketones is 1. The lowest BCUT2D eigenvalue weighted by Crippen LogP contribution is -2.46. The number of amides is 1. The number of hydrogen-bond donors (Lipinski definition) is 1. The number of methoxy groups -OCH3 is 2. The van der Waals surface area contributed by atoms with Crippen molar-refractivity contribution in [3.05, 3.63) is 41.5 Å². The Morgan fingerprint density at radius 3 is 2.50 bits per heavy atom. The van der Waals surface area contributed by atoms with Gasteiger partial charge in [0.1, 0.15) is 11.4 Å². The molecule has 1 fully saturated rings. The summed E-state index contributed by atoms with van der Waals surface area (Å²) in [6.07, 6.45) is 5.64. The number of allylic oxidation sites excluding steroid dienone is 1. The Morgan fingerprint density at radius 2 is 1.96 bits per heavy atom. The fourth-order valence-corrected chi connectivity index (χ4v) is 3.59. The molecule has 0 aromatic heterocycles. The fourth-order valence-electron chi connectivity index (χ4n) is 3.59. The van der Waals surface area contributed by atoms with Crippen molar-refractivity contribution in [2.24, 2.45) is 0 Å². The van der Waals surface area contributed by atoms with Crippen molar-refractivity contribution in [2.75, 3.05) is 20.8 Å². The minimum absolute atomic E-state index is 0.0490. The Kier molecular flexibility index (Phi) is 6.52. The number of hydrogen-bond acceptors (Lipinski definition) is 5. The van der Waals surface area contributed by atoms with Gasteiger partial charge >= 0.3 is 0 Å². The van der Waals surface area contributed by atoms with E-state index >= 15 is 0 Å². The maximum Gasteiger partial charge on any atom is 0.223 e. The molecule has 1 aromatic rings. The van der Waals surface area contributed by atoms with Gasteiger partial charge in [-0.2, -0.15) is 0 Å². The van der Waals surface area contributed by atoms with E-state index in [0.29, 0.717) is 13.0 Å². The van der Waals surface area contributed by atoms with Crippen molar-refractivity contribution in [3.63, 3.8) is 0 Å². The normalized spacial score (nSPS) is 22.9. The Bertz CT molecular complexity index is 736. The lowest BCUT2D eigenvalue weighted by atomic mass is 9.94. The highest BCUT2D eigenvalue weighted by Crippen LogP contribution is 2.31. The van der Waals surface area contributed by atoms with Crippen molar-refractivity contribution >= 4 is 11.7 Å². The second-order valence-corrected chi connectivity index (χ2v) is 7.66. The van der Waals surface area contributed by atoms with E-state index in [9.17, 15) is 9.59 Å². The number of carbonyl (C=O) groups is 2. The average Bonchev–Trinajstić information content (AvgIpc) is 3.25. The smallest absolute Gasteiger partial charge is 0.223 e. The number of carbonyl (C=O) groups excluding carboxylic acids is 2. The van der Waals surface area contributed by atoms with Gasteiger partial charge in [0.15, 0.2) is 5.78 Å². The summed E-state index contributed by atoms with van der Waals surface area (Å²) in [4.78, 5) is 25.6. The van der Waals surface area contributed by atoms with Gasteiger partial charge in [0.2, 0.25) is 5.91 Å². The van der Waals surface area contributed by atoms with Crippen LogP contribution < -0.4 is 10.1 Å². The Labute approximate surface area is 166 Å². The van der Waals surface area contributed by atoms with Crippen LogP contribution in [0.5, 0.6) is 5.75 Å². The van der Waals surface area contributed by atoms with Crippen LogP contribution in [0.25, 0.3) is 0 Å². The van der Waals surface area contributed by atoms with E-state index in [2.05, 4.69) is 11.4 Å². The van der Waals surface area contributed by atoms with E-state index in [-0.39, 0.29) is 24.2 Å². The summed E-state index contributed by atoms with van der Waals surface area (Å²) in [5.41, 5.74) is 1.37. The highest BCUT2D eigenvalue weighted by molar-refractivity contribution is 5.96. The van der Waals surface area contributed by atoms with Crippen molar-refractivity contribution in [2.45, 2.75) is 56.8 Å². The molecule has 152 valence electrons. The first-order valence-electron chi connectivity index (χ1n) is 9.77. The van der Waals surface area contributed by atoms with Gasteiger partial charge in [-0.05, 0) is 50.3 Å². The third-order valence-electron chi connectivity index (χ3n) is 5.49. The number of benzene rings is 1. The quantitative estimate of drug-likeness (QED) is 0.493. The van der Waals surface area contributed by atoms with E-state index in [1.165, 1.54) is 5.57 Å². The second-order valence-electron chi connectivity index (χ2n) is 7.66. The molecule has 0 bridgehead atoms. The van der Waals surface area contributed by atoms with Gasteiger partial charge < -0.3 is 19.5 Å². The minimum Gasteiger partial charge on any atom is -0.497 e. The number of ether oxygens (including phenoxy) is 3. The predicted octanol–water partition coefficient (Wildman–Crippen LogP) is 3.12. The third kappa shape index (κ3) is 5.00. The topological polar surface area (TPSA) is 77.2 Å². The second kappa shape index (κ2) is 8.88.